The maximum Gasteiger partial charge on any atom is 0.239 e. The molecule has 9 heteroatoms. The molecular weight excluding hydrogens is 451 g/mol. The fourth-order valence-corrected chi connectivity index (χ4v) is 5.92. The Hall–Kier alpha value is -2.88. The summed E-state index contributed by atoms with van der Waals surface area (Å²) in [5.74, 6) is -0.427. The number of aromatic nitrogens is 3. The van der Waals surface area contributed by atoms with E-state index in [1.165, 1.54) is 52.9 Å². The first-order valence-corrected chi connectivity index (χ1v) is 12.0. The highest BCUT2D eigenvalue weighted by molar-refractivity contribution is 8.00. The summed E-state index contributed by atoms with van der Waals surface area (Å²) in [6.07, 6.45) is 1.51. The summed E-state index contributed by atoms with van der Waals surface area (Å²) in [4.78, 5) is 26.9. The summed E-state index contributed by atoms with van der Waals surface area (Å²) in [6.45, 7) is 1.84. The van der Waals surface area contributed by atoms with Crippen molar-refractivity contribution in [2.24, 2.45) is 0 Å². The van der Waals surface area contributed by atoms with Gasteiger partial charge >= 0.3 is 0 Å². The van der Waals surface area contributed by atoms with Crippen LogP contribution in [0.4, 0.5) is 9.52 Å². The first-order valence-electron chi connectivity index (χ1n) is 9.40. The summed E-state index contributed by atoms with van der Waals surface area (Å²) in [5.41, 5.74) is 2.68. The van der Waals surface area contributed by atoms with Crippen molar-refractivity contribution in [2.75, 3.05) is 5.32 Å². The second-order valence-electron chi connectivity index (χ2n) is 6.75. The first kappa shape index (κ1) is 20.0. The number of fused-ring (bicyclic) bond motifs is 2. The van der Waals surface area contributed by atoms with Gasteiger partial charge < -0.3 is 5.32 Å². The Labute approximate surface area is 189 Å². The fourth-order valence-electron chi connectivity index (χ4n) is 3.13. The van der Waals surface area contributed by atoms with E-state index in [0.29, 0.717) is 5.13 Å². The molecule has 1 amide bonds. The number of nitrogens with zero attached hydrogens (tertiary/aromatic N) is 3. The maximum atomic E-state index is 13.4. The lowest BCUT2D eigenvalue weighted by Crippen LogP contribution is -2.22. The van der Waals surface area contributed by atoms with Gasteiger partial charge in [0.05, 0.1) is 20.9 Å². The standard InChI is InChI=1S/C22H15FN4OS3/c1-12(19(28)27-22-26-16-4-2-3-5-17(16)31-22)30-21-18-15(10-29-20(18)24-11-25-21)13-6-8-14(23)9-7-13/h2-12H,1H3,(H,26,27,28). The highest BCUT2D eigenvalue weighted by Gasteiger charge is 2.21. The zero-order valence-corrected chi connectivity index (χ0v) is 18.7. The van der Waals surface area contributed by atoms with Crippen molar-refractivity contribution >= 4 is 65.9 Å². The van der Waals surface area contributed by atoms with Crippen LogP contribution in [0.5, 0.6) is 0 Å². The lowest BCUT2D eigenvalue weighted by atomic mass is 10.1. The molecule has 0 aliphatic heterocycles. The molecule has 154 valence electrons. The molecule has 5 rings (SSSR count). The third kappa shape index (κ3) is 4.04. The Morgan fingerprint density at radius 3 is 2.74 bits per heavy atom. The van der Waals surface area contributed by atoms with E-state index in [0.717, 1.165) is 36.6 Å². The number of thiazole rings is 1. The lowest BCUT2D eigenvalue weighted by molar-refractivity contribution is -0.115. The van der Waals surface area contributed by atoms with Gasteiger partial charge in [0.25, 0.3) is 0 Å². The lowest BCUT2D eigenvalue weighted by Gasteiger charge is -2.11. The van der Waals surface area contributed by atoms with E-state index in [2.05, 4.69) is 20.3 Å². The van der Waals surface area contributed by atoms with E-state index in [1.807, 2.05) is 36.6 Å². The first-order chi connectivity index (χ1) is 15.1. The van der Waals surface area contributed by atoms with Crippen molar-refractivity contribution < 1.29 is 9.18 Å². The second kappa shape index (κ2) is 8.33. The molecule has 1 atom stereocenters. The van der Waals surface area contributed by atoms with Crippen LogP contribution in [0, 0.1) is 5.82 Å². The van der Waals surface area contributed by atoms with Gasteiger partial charge in [-0.2, -0.15) is 0 Å². The quantitative estimate of drug-likeness (QED) is 0.246. The Kier molecular flexibility index (Phi) is 5.39. The maximum absolute atomic E-state index is 13.4. The van der Waals surface area contributed by atoms with Crippen molar-refractivity contribution in [3.63, 3.8) is 0 Å². The average Bonchev–Trinajstić information content (AvgIpc) is 3.38. The Morgan fingerprint density at radius 1 is 1.13 bits per heavy atom. The Balaban J connectivity index is 1.41. The molecular formula is C22H15FN4OS3. The zero-order valence-electron chi connectivity index (χ0n) is 16.2. The van der Waals surface area contributed by atoms with Crippen LogP contribution in [0.1, 0.15) is 6.92 Å². The molecule has 0 bridgehead atoms. The van der Waals surface area contributed by atoms with Gasteiger partial charge in [0.1, 0.15) is 22.0 Å². The van der Waals surface area contributed by atoms with Gasteiger partial charge in [-0.15, -0.1) is 11.3 Å². The van der Waals surface area contributed by atoms with E-state index in [-0.39, 0.29) is 11.7 Å². The number of anilines is 1. The number of rotatable bonds is 5. The van der Waals surface area contributed by atoms with Crippen molar-refractivity contribution in [3.05, 3.63) is 66.1 Å². The van der Waals surface area contributed by atoms with Crippen LogP contribution >= 0.6 is 34.4 Å². The Bertz CT molecular complexity index is 1360. The summed E-state index contributed by atoms with van der Waals surface area (Å²) in [6, 6.07) is 14.1. The molecule has 0 aliphatic rings. The molecule has 0 saturated heterocycles. The van der Waals surface area contributed by atoms with E-state index in [9.17, 15) is 9.18 Å². The van der Waals surface area contributed by atoms with Crippen molar-refractivity contribution in [2.45, 2.75) is 17.2 Å². The van der Waals surface area contributed by atoms with Gasteiger partial charge in [-0.1, -0.05) is 47.4 Å². The minimum absolute atomic E-state index is 0.144. The predicted molar refractivity (Wildman–Crippen MR) is 126 cm³/mol. The van der Waals surface area contributed by atoms with Crippen LogP contribution in [-0.2, 0) is 4.79 Å². The van der Waals surface area contributed by atoms with Gasteiger partial charge in [-0.05, 0) is 36.8 Å². The fraction of sp³-hybridized carbons (Fsp3) is 0.0909. The van der Waals surface area contributed by atoms with Crippen LogP contribution in [0.15, 0.2) is 65.3 Å². The van der Waals surface area contributed by atoms with Crippen molar-refractivity contribution in [1.82, 2.24) is 15.0 Å². The van der Waals surface area contributed by atoms with Crippen LogP contribution in [0.2, 0.25) is 0 Å². The van der Waals surface area contributed by atoms with Crippen molar-refractivity contribution in [1.29, 1.82) is 0 Å². The number of hydrogen-bond donors (Lipinski definition) is 1. The van der Waals surface area contributed by atoms with E-state index in [4.69, 9.17) is 0 Å². The topological polar surface area (TPSA) is 67.8 Å². The van der Waals surface area contributed by atoms with Crippen LogP contribution in [-0.4, -0.2) is 26.1 Å². The number of carbonyl (C=O) groups excluding carboxylic acids is 1. The predicted octanol–water partition coefficient (Wildman–Crippen LogP) is 6.23. The molecule has 3 aromatic heterocycles. The van der Waals surface area contributed by atoms with Crippen LogP contribution in [0.25, 0.3) is 31.6 Å². The molecule has 0 saturated carbocycles. The number of thiophene rings is 1. The van der Waals surface area contributed by atoms with Gasteiger partial charge in [0.2, 0.25) is 5.91 Å². The van der Waals surface area contributed by atoms with E-state index >= 15 is 0 Å². The Morgan fingerprint density at radius 2 is 1.94 bits per heavy atom. The van der Waals surface area contributed by atoms with Crippen LogP contribution < -0.4 is 5.32 Å². The summed E-state index contributed by atoms with van der Waals surface area (Å²) >= 11 is 4.32. The molecule has 5 nitrogen and oxygen atoms in total. The minimum Gasteiger partial charge on any atom is -0.301 e. The number of amides is 1. The number of benzene rings is 2. The minimum atomic E-state index is -0.397. The zero-order chi connectivity index (χ0) is 21.4. The summed E-state index contributed by atoms with van der Waals surface area (Å²) < 4.78 is 14.4. The molecule has 0 radical (unpaired) electrons. The second-order valence-corrected chi connectivity index (χ2v) is 9.97. The normalized spacial score (nSPS) is 12.3. The third-order valence-electron chi connectivity index (χ3n) is 4.67. The smallest absolute Gasteiger partial charge is 0.239 e. The van der Waals surface area contributed by atoms with E-state index in [1.54, 1.807) is 12.1 Å². The largest absolute Gasteiger partial charge is 0.301 e. The number of nitrogens with one attached hydrogen (secondary N) is 1. The number of para-hydroxylation sites is 1. The number of carbonyl (C=O) groups is 1. The van der Waals surface area contributed by atoms with Gasteiger partial charge in [-0.25, -0.2) is 19.3 Å². The highest BCUT2D eigenvalue weighted by Crippen LogP contribution is 2.39. The SMILES string of the molecule is CC(Sc1ncnc2scc(-c3ccc(F)cc3)c12)C(=O)Nc1nc2ccccc2s1. The van der Waals surface area contributed by atoms with Gasteiger partial charge in [0, 0.05) is 10.9 Å². The van der Waals surface area contributed by atoms with Crippen LogP contribution in [0.3, 0.4) is 0 Å². The molecule has 0 aliphatic carbocycles. The van der Waals surface area contributed by atoms with Gasteiger partial charge in [0.15, 0.2) is 5.13 Å². The molecule has 31 heavy (non-hydrogen) atoms. The number of thioether (sulfide) groups is 1. The average molecular weight is 467 g/mol. The molecule has 3 heterocycles. The van der Waals surface area contributed by atoms with Crippen molar-refractivity contribution in [3.8, 4) is 11.1 Å². The molecule has 1 N–H and O–H groups in total. The van der Waals surface area contributed by atoms with E-state index < -0.39 is 5.25 Å². The van der Waals surface area contributed by atoms with Gasteiger partial charge in [-0.3, -0.25) is 4.79 Å². The number of halogens is 1. The third-order valence-corrected chi connectivity index (χ3v) is 7.61. The molecule has 2 aromatic carbocycles. The highest BCUT2D eigenvalue weighted by atomic mass is 32.2. The summed E-state index contributed by atoms with van der Waals surface area (Å²) in [5, 5.41) is 6.68. The monoisotopic (exact) mass is 466 g/mol. The summed E-state index contributed by atoms with van der Waals surface area (Å²) in [7, 11) is 0. The molecule has 1 unspecified atom stereocenters. The molecule has 0 spiro atoms. The molecule has 0 fully saturated rings. The number of hydrogen-bond acceptors (Lipinski definition) is 7. The molecule has 5 aromatic rings.